The van der Waals surface area contributed by atoms with E-state index < -0.39 is 17.8 Å². The Hall–Kier alpha value is -2.56. The molecule has 4 N–H and O–H groups in total. The SMILES string of the molecule is CCC(C)C(C)C(CC(=O)N1C(C(OC)C(C)C)CC2C(C)C21)OC.CN.O=CNC(Cc1ccccc1F)C(=O)O. The predicted molar refractivity (Wildman–Crippen MR) is 162 cm³/mol. The number of hydrogen-bond acceptors (Lipinski definition) is 6. The van der Waals surface area contributed by atoms with Gasteiger partial charge in [-0.15, -0.1) is 0 Å². The zero-order valence-electron chi connectivity index (χ0n) is 26.9. The lowest BCUT2D eigenvalue weighted by molar-refractivity contribution is -0.141. The van der Waals surface area contributed by atoms with E-state index in [1.165, 1.54) is 25.2 Å². The van der Waals surface area contributed by atoms with Crippen LogP contribution in [0.2, 0.25) is 0 Å². The molecule has 1 heterocycles. The number of carbonyl (C=O) groups excluding carboxylic acids is 2. The number of nitrogens with zero attached hydrogens (tertiary/aromatic N) is 1. The molecule has 0 spiro atoms. The molecule has 9 atom stereocenters. The summed E-state index contributed by atoms with van der Waals surface area (Å²) in [7, 11) is 5.02. The first-order chi connectivity index (χ1) is 19.9. The zero-order valence-corrected chi connectivity index (χ0v) is 26.9. The first-order valence-electron chi connectivity index (χ1n) is 15.0. The van der Waals surface area contributed by atoms with Crippen molar-refractivity contribution in [1.29, 1.82) is 0 Å². The largest absolute Gasteiger partial charge is 0.480 e. The lowest BCUT2D eigenvalue weighted by atomic mass is 9.86. The molecule has 2 fully saturated rings. The number of methoxy groups -OCH3 is 2. The van der Waals surface area contributed by atoms with Crippen molar-refractivity contribution < 1.29 is 33.4 Å². The summed E-state index contributed by atoms with van der Waals surface area (Å²) in [6.07, 6.45) is 3.03. The van der Waals surface area contributed by atoms with Crippen molar-refractivity contribution in [3.63, 3.8) is 0 Å². The monoisotopic (exact) mass is 595 g/mol. The van der Waals surface area contributed by atoms with Crippen LogP contribution in [0.25, 0.3) is 0 Å². The first-order valence-corrected chi connectivity index (χ1v) is 15.0. The summed E-state index contributed by atoms with van der Waals surface area (Å²) in [5.41, 5.74) is 4.76. The van der Waals surface area contributed by atoms with Gasteiger partial charge in [0.15, 0.2) is 0 Å². The molecule has 1 aliphatic carbocycles. The molecule has 9 nitrogen and oxygen atoms in total. The second kappa shape index (κ2) is 18.2. The fourth-order valence-electron chi connectivity index (χ4n) is 6.15. The molecular weight excluding hydrogens is 541 g/mol. The van der Waals surface area contributed by atoms with Crippen molar-refractivity contribution in [2.75, 3.05) is 21.3 Å². The van der Waals surface area contributed by atoms with E-state index in [-0.39, 0.29) is 36.1 Å². The molecule has 0 radical (unpaired) electrons. The third-order valence-electron chi connectivity index (χ3n) is 9.06. The minimum atomic E-state index is -1.19. The van der Waals surface area contributed by atoms with Gasteiger partial charge in [-0.2, -0.15) is 0 Å². The number of nitrogens with one attached hydrogen (secondary N) is 1. The Morgan fingerprint density at radius 2 is 1.79 bits per heavy atom. The molecule has 0 bridgehead atoms. The Morgan fingerprint density at radius 3 is 2.26 bits per heavy atom. The standard InChI is InChI=1S/C21H39NO3.C10H10FNO3.CH5N/c1-9-13(4)14(5)18(24-7)11-19(23)22-17(21(25-8)12(2)3)10-16-15(6)20(16)22;11-8-4-2-1-3-7(8)5-9(10(14)15)12-6-13;1-2/h12-18,20-21H,9-11H2,1-8H3;1-4,6,9H,5H2,(H,12,13)(H,14,15);2H2,1H3. The van der Waals surface area contributed by atoms with Crippen molar-refractivity contribution in [3.8, 4) is 0 Å². The Morgan fingerprint density at radius 1 is 1.17 bits per heavy atom. The number of ether oxygens (including phenoxy) is 2. The predicted octanol–water partition coefficient (Wildman–Crippen LogP) is 4.12. The molecule has 1 aromatic carbocycles. The van der Waals surface area contributed by atoms with Crippen molar-refractivity contribution in [2.45, 2.75) is 97.6 Å². The first kappa shape index (κ1) is 37.5. The van der Waals surface area contributed by atoms with Crippen molar-refractivity contribution in [3.05, 3.63) is 35.6 Å². The lowest BCUT2D eigenvalue weighted by Crippen LogP contribution is -2.49. The van der Waals surface area contributed by atoms with Crippen LogP contribution in [0.1, 0.15) is 66.4 Å². The summed E-state index contributed by atoms with van der Waals surface area (Å²) in [5.74, 6) is 1.25. The van der Waals surface area contributed by atoms with E-state index in [0.29, 0.717) is 48.5 Å². The highest BCUT2D eigenvalue weighted by atomic mass is 19.1. The number of fused-ring (bicyclic) bond motifs is 1. The highest BCUT2D eigenvalue weighted by Crippen LogP contribution is 2.54. The van der Waals surface area contributed by atoms with Crippen LogP contribution >= 0.6 is 0 Å². The maximum Gasteiger partial charge on any atom is 0.326 e. The molecule has 42 heavy (non-hydrogen) atoms. The summed E-state index contributed by atoms with van der Waals surface area (Å²) >= 11 is 0. The van der Waals surface area contributed by atoms with Gasteiger partial charge in [-0.3, -0.25) is 9.59 Å². The van der Waals surface area contributed by atoms with E-state index in [4.69, 9.17) is 14.6 Å². The Bertz CT molecular complexity index is 979. The van der Waals surface area contributed by atoms with E-state index in [9.17, 15) is 18.8 Å². The van der Waals surface area contributed by atoms with Crippen LogP contribution < -0.4 is 11.1 Å². The summed E-state index contributed by atoms with van der Waals surface area (Å²) in [5, 5.41) is 10.8. The quantitative estimate of drug-likeness (QED) is 0.276. The van der Waals surface area contributed by atoms with Crippen LogP contribution in [0.4, 0.5) is 4.39 Å². The van der Waals surface area contributed by atoms with Gasteiger partial charge in [0.1, 0.15) is 11.9 Å². The van der Waals surface area contributed by atoms with Crippen LogP contribution in [-0.2, 0) is 30.3 Å². The fraction of sp³-hybridized carbons (Fsp3) is 0.719. The number of piperidine rings is 1. The number of benzene rings is 1. The average molecular weight is 596 g/mol. The molecule has 1 saturated carbocycles. The van der Waals surface area contributed by atoms with Crippen molar-refractivity contribution in [1.82, 2.24) is 10.2 Å². The average Bonchev–Trinajstić information content (AvgIpc) is 3.40. The molecule has 1 aromatic rings. The third kappa shape index (κ3) is 9.74. The molecule has 2 amide bonds. The number of carbonyl (C=O) groups is 3. The van der Waals surface area contributed by atoms with Crippen LogP contribution in [-0.4, -0.2) is 79.9 Å². The van der Waals surface area contributed by atoms with Gasteiger partial charge in [0, 0.05) is 26.7 Å². The molecule has 1 aliphatic heterocycles. The molecule has 240 valence electrons. The summed E-state index contributed by atoms with van der Waals surface area (Å²) in [6, 6.07) is 5.40. The number of amides is 2. The Balaban J connectivity index is 0.000000443. The van der Waals surface area contributed by atoms with Crippen molar-refractivity contribution >= 4 is 18.3 Å². The van der Waals surface area contributed by atoms with E-state index in [0.717, 1.165) is 12.8 Å². The fourth-order valence-corrected chi connectivity index (χ4v) is 6.15. The molecule has 9 unspecified atom stereocenters. The van der Waals surface area contributed by atoms with Crippen LogP contribution in [0.15, 0.2) is 24.3 Å². The number of rotatable bonds is 14. The summed E-state index contributed by atoms with van der Waals surface area (Å²) in [4.78, 5) is 36.2. The second-order valence-corrected chi connectivity index (χ2v) is 11.8. The van der Waals surface area contributed by atoms with E-state index >= 15 is 0 Å². The zero-order chi connectivity index (χ0) is 32.1. The molecular formula is C32H54FN3O6. The number of carboxylic acid groups (broad SMARTS) is 1. The van der Waals surface area contributed by atoms with Crippen LogP contribution in [0.5, 0.6) is 0 Å². The smallest absolute Gasteiger partial charge is 0.326 e. The van der Waals surface area contributed by atoms with Gasteiger partial charge in [0.2, 0.25) is 12.3 Å². The second-order valence-electron chi connectivity index (χ2n) is 11.8. The molecule has 10 heteroatoms. The van der Waals surface area contributed by atoms with Gasteiger partial charge in [-0.05, 0) is 54.7 Å². The molecule has 3 rings (SSSR count). The summed E-state index contributed by atoms with van der Waals surface area (Å²) < 4.78 is 24.7. The lowest BCUT2D eigenvalue weighted by Gasteiger charge is -2.37. The molecule has 1 saturated heterocycles. The van der Waals surface area contributed by atoms with Crippen molar-refractivity contribution in [2.24, 2.45) is 35.3 Å². The number of likely N-dealkylation sites (tertiary alicyclic amines) is 1. The highest BCUT2D eigenvalue weighted by Gasteiger charge is 2.61. The molecule has 0 aromatic heterocycles. The van der Waals surface area contributed by atoms with E-state index in [2.05, 4.69) is 57.5 Å². The topological polar surface area (TPSA) is 131 Å². The minimum absolute atomic E-state index is 0.00347. The number of hydrogen-bond donors (Lipinski definition) is 3. The Labute approximate surface area is 251 Å². The van der Waals surface area contributed by atoms with Gasteiger partial charge in [-0.1, -0.05) is 66.2 Å². The maximum atomic E-state index is 13.3. The third-order valence-corrected chi connectivity index (χ3v) is 9.06. The number of halogens is 1. The molecule has 2 aliphatic rings. The number of nitrogens with two attached hydrogens (primary N) is 1. The normalized spacial score (nSPS) is 24.0. The van der Waals surface area contributed by atoms with Crippen LogP contribution in [0, 0.1) is 35.4 Å². The minimum Gasteiger partial charge on any atom is -0.480 e. The van der Waals surface area contributed by atoms with Gasteiger partial charge in [0.25, 0.3) is 0 Å². The van der Waals surface area contributed by atoms with Gasteiger partial charge < -0.3 is 30.5 Å². The Kier molecular flexibility index (Phi) is 16.2. The van der Waals surface area contributed by atoms with Crippen LogP contribution in [0.3, 0.4) is 0 Å². The number of carboxylic acids is 1. The number of aliphatic carboxylic acids is 1. The van der Waals surface area contributed by atoms with E-state index in [1.54, 1.807) is 20.3 Å². The van der Waals surface area contributed by atoms with Gasteiger partial charge in [-0.25, -0.2) is 9.18 Å². The van der Waals surface area contributed by atoms with E-state index in [1.807, 2.05) is 0 Å². The van der Waals surface area contributed by atoms with Gasteiger partial charge >= 0.3 is 5.97 Å². The maximum absolute atomic E-state index is 13.3. The summed E-state index contributed by atoms with van der Waals surface area (Å²) in [6.45, 7) is 13.3. The van der Waals surface area contributed by atoms with Gasteiger partial charge in [0.05, 0.1) is 24.7 Å². The highest BCUT2D eigenvalue weighted by molar-refractivity contribution is 5.79.